The van der Waals surface area contributed by atoms with E-state index in [0.29, 0.717) is 6.54 Å². The average molecular weight is 353 g/mol. The quantitative estimate of drug-likeness (QED) is 0.424. The van der Waals surface area contributed by atoms with Crippen molar-refractivity contribution in [3.8, 4) is 0 Å². The molecular weight excluding hydrogens is 335 g/mol. The lowest BCUT2D eigenvalue weighted by Crippen LogP contribution is -2.31. The SMILES string of the molecule is FC(F)(CNCCCCCI)c1ccccc1. The van der Waals surface area contributed by atoms with Gasteiger partial charge in [0.15, 0.2) is 0 Å². The monoisotopic (exact) mass is 353 g/mol. The molecule has 0 saturated carbocycles. The Labute approximate surface area is 115 Å². The minimum Gasteiger partial charge on any atom is -0.311 e. The first-order valence-corrected chi connectivity index (χ1v) is 7.39. The van der Waals surface area contributed by atoms with E-state index in [0.717, 1.165) is 23.7 Å². The van der Waals surface area contributed by atoms with Crippen LogP contribution in [0.1, 0.15) is 24.8 Å². The molecule has 0 radical (unpaired) electrons. The molecule has 4 heteroatoms. The Morgan fingerprint density at radius 2 is 1.76 bits per heavy atom. The van der Waals surface area contributed by atoms with Crippen molar-refractivity contribution in [2.45, 2.75) is 25.2 Å². The molecule has 0 bridgehead atoms. The van der Waals surface area contributed by atoms with Crippen LogP contribution in [0.3, 0.4) is 0 Å². The lowest BCUT2D eigenvalue weighted by molar-refractivity contribution is -0.00300. The number of nitrogens with one attached hydrogen (secondary N) is 1. The molecule has 1 nitrogen and oxygen atoms in total. The van der Waals surface area contributed by atoms with Gasteiger partial charge in [-0.15, -0.1) is 0 Å². The highest BCUT2D eigenvalue weighted by molar-refractivity contribution is 14.1. The van der Waals surface area contributed by atoms with Crippen molar-refractivity contribution in [2.75, 3.05) is 17.5 Å². The van der Waals surface area contributed by atoms with E-state index in [1.807, 2.05) is 0 Å². The minimum atomic E-state index is -2.77. The Morgan fingerprint density at radius 3 is 2.41 bits per heavy atom. The minimum absolute atomic E-state index is 0.0831. The molecule has 1 aromatic carbocycles. The Balaban J connectivity index is 2.26. The molecule has 0 aliphatic carbocycles. The number of benzene rings is 1. The smallest absolute Gasteiger partial charge is 0.285 e. The summed E-state index contributed by atoms with van der Waals surface area (Å²) in [6.45, 7) is 0.389. The van der Waals surface area contributed by atoms with E-state index in [-0.39, 0.29) is 12.1 Å². The van der Waals surface area contributed by atoms with Gasteiger partial charge < -0.3 is 5.32 Å². The van der Waals surface area contributed by atoms with Crippen molar-refractivity contribution in [3.05, 3.63) is 35.9 Å². The van der Waals surface area contributed by atoms with Crippen LogP contribution in [-0.2, 0) is 5.92 Å². The first-order chi connectivity index (χ1) is 8.17. The Bertz CT molecular complexity index is 304. The van der Waals surface area contributed by atoms with Crippen molar-refractivity contribution >= 4 is 22.6 Å². The second-order valence-corrected chi connectivity index (χ2v) is 5.08. The van der Waals surface area contributed by atoms with Crippen LogP contribution in [-0.4, -0.2) is 17.5 Å². The molecule has 0 saturated heterocycles. The molecule has 0 aromatic heterocycles. The molecule has 17 heavy (non-hydrogen) atoms. The zero-order chi connectivity index (χ0) is 12.6. The predicted octanol–water partition coefficient (Wildman–Crippen LogP) is 3.97. The van der Waals surface area contributed by atoms with Crippen LogP contribution < -0.4 is 5.32 Å². The summed E-state index contributed by atoms with van der Waals surface area (Å²) >= 11 is 2.33. The summed E-state index contributed by atoms with van der Waals surface area (Å²) in [6.07, 6.45) is 3.23. The number of hydrogen-bond acceptors (Lipinski definition) is 1. The maximum atomic E-state index is 13.7. The van der Waals surface area contributed by atoms with E-state index >= 15 is 0 Å². The summed E-state index contributed by atoms with van der Waals surface area (Å²) in [7, 11) is 0. The molecule has 0 aliphatic rings. The summed E-state index contributed by atoms with van der Waals surface area (Å²) in [4.78, 5) is 0. The summed E-state index contributed by atoms with van der Waals surface area (Å²) < 4.78 is 28.5. The van der Waals surface area contributed by atoms with Crippen LogP contribution >= 0.6 is 22.6 Å². The standard InChI is InChI=1S/C13H18F2IN/c14-13(15,12-7-3-1-4-8-12)11-17-10-6-2-5-9-16/h1,3-4,7-8,17H,2,5-6,9-11H2. The van der Waals surface area contributed by atoms with Crippen molar-refractivity contribution in [3.63, 3.8) is 0 Å². The topological polar surface area (TPSA) is 12.0 Å². The molecule has 0 aliphatic heterocycles. The number of halogens is 3. The number of unbranched alkanes of at least 4 members (excludes halogenated alkanes) is 2. The Hall–Kier alpha value is -0.230. The molecule has 0 fully saturated rings. The van der Waals surface area contributed by atoms with Crippen LogP contribution in [0.4, 0.5) is 8.78 Å². The van der Waals surface area contributed by atoms with Gasteiger partial charge in [0.25, 0.3) is 5.92 Å². The van der Waals surface area contributed by atoms with Gasteiger partial charge in [-0.1, -0.05) is 59.3 Å². The molecule has 1 N–H and O–H groups in total. The van der Waals surface area contributed by atoms with Crippen LogP contribution in [0.25, 0.3) is 0 Å². The molecule has 1 rings (SSSR count). The zero-order valence-corrected chi connectivity index (χ0v) is 11.9. The van der Waals surface area contributed by atoms with Gasteiger partial charge >= 0.3 is 0 Å². The number of hydrogen-bond donors (Lipinski definition) is 1. The molecule has 1 aromatic rings. The number of alkyl halides is 3. The van der Waals surface area contributed by atoms with Gasteiger partial charge in [-0.05, 0) is 23.8 Å². The first kappa shape index (κ1) is 14.8. The summed E-state index contributed by atoms with van der Waals surface area (Å²) in [5, 5.41) is 2.83. The third-order valence-corrected chi connectivity index (χ3v) is 3.29. The van der Waals surface area contributed by atoms with E-state index in [1.165, 1.54) is 12.1 Å². The van der Waals surface area contributed by atoms with Gasteiger partial charge in [-0.25, -0.2) is 0 Å². The van der Waals surface area contributed by atoms with Crippen LogP contribution in [0.2, 0.25) is 0 Å². The normalized spacial score (nSPS) is 11.7. The third kappa shape index (κ3) is 5.77. The molecule has 0 unspecified atom stereocenters. The van der Waals surface area contributed by atoms with Gasteiger partial charge in [0.05, 0.1) is 6.54 Å². The highest BCUT2D eigenvalue weighted by Crippen LogP contribution is 2.26. The van der Waals surface area contributed by atoms with Crippen molar-refractivity contribution < 1.29 is 8.78 Å². The average Bonchev–Trinajstić information content (AvgIpc) is 2.35. The first-order valence-electron chi connectivity index (χ1n) is 5.87. The molecule has 96 valence electrons. The Kier molecular flexibility index (Phi) is 6.96. The van der Waals surface area contributed by atoms with Gasteiger partial charge in [0, 0.05) is 5.56 Å². The van der Waals surface area contributed by atoms with Crippen molar-refractivity contribution in [2.24, 2.45) is 0 Å². The zero-order valence-electron chi connectivity index (χ0n) is 9.76. The fraction of sp³-hybridized carbons (Fsp3) is 0.538. The summed E-state index contributed by atoms with van der Waals surface area (Å²) in [5.74, 6) is -2.77. The summed E-state index contributed by atoms with van der Waals surface area (Å²) in [5.41, 5.74) is 0.0831. The maximum Gasteiger partial charge on any atom is 0.285 e. The van der Waals surface area contributed by atoms with E-state index in [1.54, 1.807) is 18.2 Å². The highest BCUT2D eigenvalue weighted by atomic mass is 127. The van der Waals surface area contributed by atoms with E-state index in [2.05, 4.69) is 27.9 Å². The largest absolute Gasteiger partial charge is 0.311 e. The van der Waals surface area contributed by atoms with Crippen molar-refractivity contribution in [1.82, 2.24) is 5.32 Å². The second kappa shape index (κ2) is 7.97. The fourth-order valence-corrected chi connectivity index (χ4v) is 2.09. The molecule has 0 atom stereocenters. The lowest BCUT2D eigenvalue weighted by atomic mass is 10.1. The van der Waals surface area contributed by atoms with Gasteiger partial charge in [0.2, 0.25) is 0 Å². The fourth-order valence-electron chi connectivity index (χ4n) is 1.55. The molecule has 0 amide bonds. The van der Waals surface area contributed by atoms with E-state index in [9.17, 15) is 8.78 Å². The predicted molar refractivity (Wildman–Crippen MR) is 75.9 cm³/mol. The van der Waals surface area contributed by atoms with Crippen LogP contribution in [0.15, 0.2) is 30.3 Å². The van der Waals surface area contributed by atoms with E-state index < -0.39 is 5.92 Å². The van der Waals surface area contributed by atoms with E-state index in [4.69, 9.17) is 0 Å². The molecule has 0 spiro atoms. The number of rotatable bonds is 8. The van der Waals surface area contributed by atoms with Gasteiger partial charge in [0.1, 0.15) is 0 Å². The molecule has 0 heterocycles. The van der Waals surface area contributed by atoms with Crippen LogP contribution in [0.5, 0.6) is 0 Å². The van der Waals surface area contributed by atoms with Crippen LogP contribution in [0, 0.1) is 0 Å². The second-order valence-electron chi connectivity index (χ2n) is 4.00. The Morgan fingerprint density at radius 1 is 1.06 bits per heavy atom. The van der Waals surface area contributed by atoms with Crippen molar-refractivity contribution in [1.29, 1.82) is 0 Å². The molecular formula is C13H18F2IN. The maximum absolute atomic E-state index is 13.7. The van der Waals surface area contributed by atoms with Gasteiger partial charge in [-0.2, -0.15) is 8.78 Å². The summed E-state index contributed by atoms with van der Waals surface area (Å²) in [6, 6.07) is 7.97. The van der Waals surface area contributed by atoms with Gasteiger partial charge in [-0.3, -0.25) is 0 Å². The third-order valence-electron chi connectivity index (χ3n) is 2.53. The highest BCUT2D eigenvalue weighted by Gasteiger charge is 2.30. The lowest BCUT2D eigenvalue weighted by Gasteiger charge is -2.17.